The average Bonchev–Trinajstić information content (AvgIpc) is 3.04. The van der Waals surface area contributed by atoms with Crippen LogP contribution in [0.25, 0.3) is 10.6 Å². The molecule has 6 nitrogen and oxygen atoms in total. The number of carbonyl (C=O) groups excluding carboxylic acids is 1. The van der Waals surface area contributed by atoms with Crippen molar-refractivity contribution in [3.63, 3.8) is 0 Å². The molecule has 1 aromatic heterocycles. The second kappa shape index (κ2) is 8.00. The molecule has 0 saturated carbocycles. The summed E-state index contributed by atoms with van der Waals surface area (Å²) in [6.07, 6.45) is 0. The molecule has 0 spiro atoms. The minimum Gasteiger partial charge on any atom is -0.321 e. The molecule has 0 fully saturated rings. The van der Waals surface area contributed by atoms with E-state index in [0.717, 1.165) is 9.87 Å². The number of hydrogen-bond acceptors (Lipinski definition) is 5. The number of amides is 1. The highest BCUT2D eigenvalue weighted by molar-refractivity contribution is 7.89. The van der Waals surface area contributed by atoms with Gasteiger partial charge in [0.05, 0.1) is 10.6 Å². The van der Waals surface area contributed by atoms with Gasteiger partial charge < -0.3 is 5.32 Å². The molecule has 1 heterocycles. The van der Waals surface area contributed by atoms with Crippen molar-refractivity contribution in [1.82, 2.24) is 9.29 Å². The third kappa shape index (κ3) is 4.25. The zero-order valence-corrected chi connectivity index (χ0v) is 17.8. The van der Waals surface area contributed by atoms with Crippen LogP contribution in [0.15, 0.2) is 53.4 Å². The van der Waals surface area contributed by atoms with Crippen LogP contribution in [0.2, 0.25) is 5.02 Å². The lowest BCUT2D eigenvalue weighted by atomic mass is 10.2. The Labute approximate surface area is 172 Å². The molecule has 0 unspecified atom stereocenters. The first-order valence-corrected chi connectivity index (χ1v) is 10.9. The number of nitrogens with zero attached hydrogens (tertiary/aromatic N) is 2. The summed E-state index contributed by atoms with van der Waals surface area (Å²) in [4.78, 5) is 17.7. The van der Waals surface area contributed by atoms with E-state index in [1.54, 1.807) is 31.2 Å². The zero-order chi connectivity index (χ0) is 20.5. The van der Waals surface area contributed by atoms with E-state index in [9.17, 15) is 13.2 Å². The zero-order valence-electron chi connectivity index (χ0n) is 15.4. The van der Waals surface area contributed by atoms with Gasteiger partial charge in [0.2, 0.25) is 10.0 Å². The van der Waals surface area contributed by atoms with E-state index in [2.05, 4.69) is 10.3 Å². The van der Waals surface area contributed by atoms with Crippen LogP contribution >= 0.6 is 22.9 Å². The molecule has 9 heteroatoms. The number of halogens is 1. The number of anilines is 1. The Balaban J connectivity index is 1.87. The highest BCUT2D eigenvalue weighted by atomic mass is 35.5. The number of thiazole rings is 1. The largest absolute Gasteiger partial charge is 0.321 e. The van der Waals surface area contributed by atoms with Crippen LogP contribution < -0.4 is 5.32 Å². The number of sulfonamides is 1. The van der Waals surface area contributed by atoms with Gasteiger partial charge in [0.25, 0.3) is 5.91 Å². The minimum atomic E-state index is -3.58. The number of carbonyl (C=O) groups is 1. The number of nitrogens with one attached hydrogen (secondary N) is 1. The number of hydrogen-bond donors (Lipinski definition) is 1. The summed E-state index contributed by atoms with van der Waals surface area (Å²) in [5.74, 6) is -0.345. The van der Waals surface area contributed by atoms with Crippen LogP contribution in [0.5, 0.6) is 0 Å². The van der Waals surface area contributed by atoms with Gasteiger partial charge in [-0.3, -0.25) is 4.79 Å². The molecule has 0 aliphatic carbocycles. The summed E-state index contributed by atoms with van der Waals surface area (Å²) in [6.45, 7) is 1.76. The third-order valence-electron chi connectivity index (χ3n) is 3.94. The molecule has 2 aromatic carbocycles. The highest BCUT2D eigenvalue weighted by Gasteiger charge is 2.20. The van der Waals surface area contributed by atoms with E-state index in [1.165, 1.54) is 37.6 Å². The lowest BCUT2D eigenvalue weighted by Gasteiger charge is -2.12. The first-order valence-electron chi connectivity index (χ1n) is 8.26. The Morgan fingerprint density at radius 2 is 1.86 bits per heavy atom. The molecular formula is C19H18ClN3O3S2. The van der Waals surface area contributed by atoms with Crippen molar-refractivity contribution in [3.8, 4) is 10.6 Å². The minimum absolute atomic E-state index is 0.107. The molecule has 0 saturated heterocycles. The van der Waals surface area contributed by atoms with Crippen molar-refractivity contribution in [2.75, 3.05) is 19.4 Å². The van der Waals surface area contributed by atoms with Crippen LogP contribution in [0.1, 0.15) is 15.4 Å². The summed E-state index contributed by atoms with van der Waals surface area (Å²) >= 11 is 7.29. The fourth-order valence-corrected chi connectivity index (χ4v) is 4.58. The maximum atomic E-state index is 12.7. The molecule has 146 valence electrons. The standard InChI is InChI=1S/C19H18ClN3O3S2/c1-12-17(27-19(21-12)13-6-4-7-14(20)10-13)18(24)22-15-8-5-9-16(11-15)28(25,26)23(2)3/h4-11H,1-3H3,(H,22,24). The summed E-state index contributed by atoms with van der Waals surface area (Å²) < 4.78 is 25.7. The normalized spacial score (nSPS) is 11.6. The van der Waals surface area contributed by atoms with E-state index in [-0.39, 0.29) is 10.8 Å². The molecule has 1 N–H and O–H groups in total. The SMILES string of the molecule is Cc1nc(-c2cccc(Cl)c2)sc1C(=O)Nc1cccc(S(=O)(=O)N(C)C)c1. The van der Waals surface area contributed by atoms with Gasteiger partial charge in [0.15, 0.2) is 0 Å². The Morgan fingerprint density at radius 1 is 1.14 bits per heavy atom. The van der Waals surface area contributed by atoms with Crippen molar-refractivity contribution >= 4 is 44.6 Å². The quantitative estimate of drug-likeness (QED) is 0.648. The van der Waals surface area contributed by atoms with Gasteiger partial charge in [0.1, 0.15) is 9.88 Å². The van der Waals surface area contributed by atoms with Gasteiger partial charge in [-0.2, -0.15) is 0 Å². The van der Waals surface area contributed by atoms with E-state index in [4.69, 9.17) is 11.6 Å². The molecule has 0 radical (unpaired) electrons. The van der Waals surface area contributed by atoms with Gasteiger partial charge in [-0.05, 0) is 37.3 Å². The summed E-state index contributed by atoms with van der Waals surface area (Å²) in [5, 5.41) is 4.03. The average molecular weight is 436 g/mol. The first-order chi connectivity index (χ1) is 13.2. The maximum absolute atomic E-state index is 12.7. The van der Waals surface area contributed by atoms with Crippen LogP contribution in [0.3, 0.4) is 0 Å². The van der Waals surface area contributed by atoms with E-state index in [0.29, 0.717) is 26.3 Å². The molecule has 0 aliphatic heterocycles. The molecule has 3 aromatic rings. The molecular weight excluding hydrogens is 418 g/mol. The van der Waals surface area contributed by atoms with E-state index < -0.39 is 10.0 Å². The highest BCUT2D eigenvalue weighted by Crippen LogP contribution is 2.30. The van der Waals surface area contributed by atoms with Crippen molar-refractivity contribution in [2.45, 2.75) is 11.8 Å². The first kappa shape index (κ1) is 20.5. The van der Waals surface area contributed by atoms with E-state index in [1.807, 2.05) is 12.1 Å². The Bertz CT molecular complexity index is 1140. The fraction of sp³-hybridized carbons (Fsp3) is 0.158. The summed E-state index contributed by atoms with van der Waals surface area (Å²) in [6, 6.07) is 13.4. The molecule has 3 rings (SSSR count). The van der Waals surface area contributed by atoms with Crippen molar-refractivity contribution < 1.29 is 13.2 Å². The smallest absolute Gasteiger partial charge is 0.267 e. The Morgan fingerprint density at radius 3 is 2.54 bits per heavy atom. The summed E-state index contributed by atoms with van der Waals surface area (Å²) in [5.41, 5.74) is 1.82. The summed E-state index contributed by atoms with van der Waals surface area (Å²) in [7, 11) is -0.670. The lowest BCUT2D eigenvalue weighted by Crippen LogP contribution is -2.22. The van der Waals surface area contributed by atoms with Gasteiger partial charge >= 0.3 is 0 Å². The van der Waals surface area contributed by atoms with E-state index >= 15 is 0 Å². The van der Waals surface area contributed by atoms with Crippen LogP contribution in [0, 0.1) is 6.92 Å². The molecule has 0 bridgehead atoms. The van der Waals surface area contributed by atoms with Crippen LogP contribution in [-0.4, -0.2) is 37.7 Å². The van der Waals surface area contributed by atoms with Crippen LogP contribution in [-0.2, 0) is 10.0 Å². The second-order valence-electron chi connectivity index (χ2n) is 6.21. The van der Waals surface area contributed by atoms with Crippen molar-refractivity contribution in [3.05, 3.63) is 64.1 Å². The van der Waals surface area contributed by atoms with Crippen molar-refractivity contribution in [1.29, 1.82) is 0 Å². The van der Waals surface area contributed by atoms with Gasteiger partial charge in [0, 0.05) is 30.4 Å². The molecule has 1 amide bonds. The molecule has 0 atom stereocenters. The second-order valence-corrected chi connectivity index (χ2v) is 9.80. The number of benzene rings is 2. The van der Waals surface area contributed by atoms with Gasteiger partial charge in [-0.1, -0.05) is 29.8 Å². The van der Waals surface area contributed by atoms with Crippen molar-refractivity contribution in [2.24, 2.45) is 0 Å². The third-order valence-corrected chi connectivity index (χ3v) is 7.20. The predicted molar refractivity (Wildman–Crippen MR) is 113 cm³/mol. The Hall–Kier alpha value is -2.26. The number of rotatable bonds is 5. The predicted octanol–water partition coefficient (Wildman–Crippen LogP) is 4.27. The maximum Gasteiger partial charge on any atom is 0.267 e. The van der Waals surface area contributed by atoms with Crippen LogP contribution in [0.4, 0.5) is 5.69 Å². The monoisotopic (exact) mass is 435 g/mol. The number of aryl methyl sites for hydroxylation is 1. The van der Waals surface area contributed by atoms with Gasteiger partial charge in [-0.25, -0.2) is 17.7 Å². The van der Waals surface area contributed by atoms with Gasteiger partial charge in [-0.15, -0.1) is 11.3 Å². The number of aromatic nitrogens is 1. The Kier molecular flexibility index (Phi) is 5.85. The lowest BCUT2D eigenvalue weighted by molar-refractivity contribution is 0.102. The molecule has 28 heavy (non-hydrogen) atoms. The fourth-order valence-electron chi connectivity index (χ4n) is 2.49. The molecule has 0 aliphatic rings. The topological polar surface area (TPSA) is 79.4 Å².